The van der Waals surface area contributed by atoms with E-state index >= 15 is 0 Å². The smallest absolute Gasteiger partial charge is 0.0839 e. The van der Waals surface area contributed by atoms with Crippen molar-refractivity contribution in [2.75, 3.05) is 13.2 Å². The third kappa shape index (κ3) is 2.13. The second-order valence-electron chi connectivity index (χ2n) is 5.43. The van der Waals surface area contributed by atoms with Gasteiger partial charge < -0.3 is 10.5 Å². The Kier molecular flexibility index (Phi) is 3.04. The van der Waals surface area contributed by atoms with Gasteiger partial charge in [0.1, 0.15) is 0 Å². The molecule has 2 rings (SSSR count). The van der Waals surface area contributed by atoms with E-state index in [-0.39, 0.29) is 11.0 Å². The Morgan fingerprint density at radius 3 is 2.50 bits per heavy atom. The van der Waals surface area contributed by atoms with E-state index < -0.39 is 0 Å². The highest BCUT2D eigenvalue weighted by Crippen LogP contribution is 2.40. The predicted molar refractivity (Wildman–Crippen MR) is 65.1 cm³/mol. The van der Waals surface area contributed by atoms with E-state index in [4.69, 9.17) is 4.74 Å². The number of quaternary nitrogens is 1. The van der Waals surface area contributed by atoms with E-state index in [1.54, 1.807) is 0 Å². The number of ether oxygens (including phenoxy) is 1. The fourth-order valence-corrected chi connectivity index (χ4v) is 2.87. The molecule has 0 amide bonds. The number of rotatable bonds is 2. The van der Waals surface area contributed by atoms with E-state index in [9.17, 15) is 0 Å². The van der Waals surface area contributed by atoms with E-state index in [0.717, 1.165) is 26.0 Å². The Morgan fingerprint density at radius 2 is 1.94 bits per heavy atom. The first kappa shape index (κ1) is 11.6. The molecule has 2 nitrogen and oxygen atoms in total. The van der Waals surface area contributed by atoms with Gasteiger partial charge in [0.05, 0.1) is 12.1 Å². The SMILES string of the molecule is CC1(C)CC(C[NH3+])(c2ccccc2)CCO1. The molecule has 0 radical (unpaired) electrons. The summed E-state index contributed by atoms with van der Waals surface area (Å²) in [5, 5.41) is 0. The summed E-state index contributed by atoms with van der Waals surface area (Å²) < 4.78 is 5.82. The quantitative estimate of drug-likeness (QED) is 0.810. The minimum atomic E-state index is -0.0220. The monoisotopic (exact) mass is 220 g/mol. The second-order valence-corrected chi connectivity index (χ2v) is 5.43. The van der Waals surface area contributed by atoms with Gasteiger partial charge in [-0.2, -0.15) is 0 Å². The average Bonchev–Trinajstić information content (AvgIpc) is 2.29. The summed E-state index contributed by atoms with van der Waals surface area (Å²) in [5.41, 5.74) is 5.78. The van der Waals surface area contributed by atoms with E-state index in [1.807, 2.05) is 0 Å². The Hall–Kier alpha value is -0.860. The molecule has 1 heterocycles. The summed E-state index contributed by atoms with van der Waals surface area (Å²) in [5.74, 6) is 0. The van der Waals surface area contributed by atoms with Crippen molar-refractivity contribution in [2.24, 2.45) is 0 Å². The Bertz CT molecular complexity index is 347. The lowest BCUT2D eigenvalue weighted by Crippen LogP contribution is -2.63. The molecule has 88 valence electrons. The maximum atomic E-state index is 5.82. The van der Waals surface area contributed by atoms with Crippen molar-refractivity contribution >= 4 is 0 Å². The molecule has 0 aliphatic carbocycles. The summed E-state index contributed by atoms with van der Waals surface area (Å²) >= 11 is 0. The number of hydrogen-bond acceptors (Lipinski definition) is 1. The minimum Gasteiger partial charge on any atom is -0.376 e. The van der Waals surface area contributed by atoms with Crippen LogP contribution in [0.4, 0.5) is 0 Å². The molecule has 0 aromatic heterocycles. The zero-order valence-corrected chi connectivity index (χ0v) is 10.3. The van der Waals surface area contributed by atoms with Crippen molar-refractivity contribution in [1.82, 2.24) is 0 Å². The van der Waals surface area contributed by atoms with Crippen LogP contribution in [0.3, 0.4) is 0 Å². The molecule has 16 heavy (non-hydrogen) atoms. The summed E-state index contributed by atoms with van der Waals surface area (Å²) in [6.07, 6.45) is 2.15. The van der Waals surface area contributed by atoms with Crippen LogP contribution in [0, 0.1) is 0 Å². The van der Waals surface area contributed by atoms with Crippen molar-refractivity contribution in [3.8, 4) is 0 Å². The van der Waals surface area contributed by atoms with Crippen LogP contribution in [0.25, 0.3) is 0 Å². The molecular weight excluding hydrogens is 198 g/mol. The van der Waals surface area contributed by atoms with Crippen LogP contribution in [0.2, 0.25) is 0 Å². The molecule has 3 N–H and O–H groups in total. The van der Waals surface area contributed by atoms with Gasteiger partial charge in [0.25, 0.3) is 0 Å². The highest BCUT2D eigenvalue weighted by Gasteiger charge is 2.42. The molecule has 2 heteroatoms. The van der Waals surface area contributed by atoms with Crippen molar-refractivity contribution in [3.05, 3.63) is 35.9 Å². The lowest BCUT2D eigenvalue weighted by molar-refractivity contribution is -0.389. The van der Waals surface area contributed by atoms with Crippen LogP contribution in [0.1, 0.15) is 32.3 Å². The third-order valence-electron chi connectivity index (χ3n) is 3.70. The molecule has 1 atom stereocenters. The van der Waals surface area contributed by atoms with Gasteiger partial charge in [-0.05, 0) is 32.3 Å². The summed E-state index contributed by atoms with van der Waals surface area (Å²) in [6, 6.07) is 10.8. The van der Waals surface area contributed by atoms with Crippen LogP contribution >= 0.6 is 0 Å². The van der Waals surface area contributed by atoms with Crippen molar-refractivity contribution in [1.29, 1.82) is 0 Å². The first-order chi connectivity index (χ1) is 7.58. The van der Waals surface area contributed by atoms with Gasteiger partial charge in [0.15, 0.2) is 0 Å². The van der Waals surface area contributed by atoms with Gasteiger partial charge in [0.2, 0.25) is 0 Å². The highest BCUT2D eigenvalue weighted by atomic mass is 16.5. The lowest BCUT2D eigenvalue weighted by Gasteiger charge is -2.43. The molecule has 0 spiro atoms. The van der Waals surface area contributed by atoms with E-state index in [2.05, 4.69) is 49.9 Å². The van der Waals surface area contributed by atoms with Crippen LogP contribution in [-0.4, -0.2) is 18.8 Å². The first-order valence-corrected chi connectivity index (χ1v) is 6.07. The molecule has 1 unspecified atom stereocenters. The molecule has 1 fully saturated rings. The maximum Gasteiger partial charge on any atom is 0.0839 e. The molecule has 1 aliphatic heterocycles. The lowest BCUT2D eigenvalue weighted by atomic mass is 9.69. The second kappa shape index (κ2) is 4.19. The molecule has 1 aromatic carbocycles. The highest BCUT2D eigenvalue weighted by molar-refractivity contribution is 5.26. The average molecular weight is 220 g/mol. The summed E-state index contributed by atoms with van der Waals surface area (Å²) in [4.78, 5) is 0. The van der Waals surface area contributed by atoms with Crippen LogP contribution in [-0.2, 0) is 10.2 Å². The molecule has 1 aromatic rings. The van der Waals surface area contributed by atoms with Crippen LogP contribution in [0.15, 0.2) is 30.3 Å². The van der Waals surface area contributed by atoms with Gasteiger partial charge in [-0.1, -0.05) is 30.3 Å². The standard InChI is InChI=1S/C14H21NO/c1-13(2)10-14(11-15,8-9-16-13)12-6-4-3-5-7-12/h3-7H,8-11,15H2,1-2H3/p+1. The molecule has 0 saturated carbocycles. The Balaban J connectivity index is 2.33. The summed E-state index contributed by atoms with van der Waals surface area (Å²) in [6.45, 7) is 6.15. The fraction of sp³-hybridized carbons (Fsp3) is 0.571. The molecule has 1 saturated heterocycles. The normalized spacial score (nSPS) is 28.9. The van der Waals surface area contributed by atoms with Gasteiger partial charge in [0, 0.05) is 12.0 Å². The topological polar surface area (TPSA) is 36.9 Å². The van der Waals surface area contributed by atoms with Crippen molar-refractivity contribution in [2.45, 2.75) is 37.7 Å². The predicted octanol–water partition coefficient (Wildman–Crippen LogP) is 1.76. The van der Waals surface area contributed by atoms with Crippen molar-refractivity contribution in [3.63, 3.8) is 0 Å². The van der Waals surface area contributed by atoms with Crippen molar-refractivity contribution < 1.29 is 10.5 Å². The van der Waals surface area contributed by atoms with Gasteiger partial charge in [-0.25, -0.2) is 0 Å². The fourth-order valence-electron chi connectivity index (χ4n) is 2.87. The van der Waals surface area contributed by atoms with Gasteiger partial charge in [-0.3, -0.25) is 0 Å². The molecule has 1 aliphatic rings. The van der Waals surface area contributed by atoms with Crippen LogP contribution in [0.5, 0.6) is 0 Å². The zero-order valence-electron chi connectivity index (χ0n) is 10.3. The Morgan fingerprint density at radius 1 is 1.25 bits per heavy atom. The maximum absolute atomic E-state index is 5.82. The number of benzene rings is 1. The zero-order chi connectivity index (χ0) is 11.6. The Labute approximate surface area is 97.8 Å². The van der Waals surface area contributed by atoms with Gasteiger partial charge >= 0.3 is 0 Å². The number of hydrogen-bond donors (Lipinski definition) is 1. The largest absolute Gasteiger partial charge is 0.376 e. The summed E-state index contributed by atoms with van der Waals surface area (Å²) in [7, 11) is 0. The first-order valence-electron chi connectivity index (χ1n) is 6.07. The van der Waals surface area contributed by atoms with E-state index in [1.165, 1.54) is 5.56 Å². The van der Waals surface area contributed by atoms with Gasteiger partial charge in [-0.15, -0.1) is 0 Å². The third-order valence-corrected chi connectivity index (χ3v) is 3.70. The minimum absolute atomic E-state index is 0.0220. The van der Waals surface area contributed by atoms with Crippen LogP contribution < -0.4 is 5.73 Å². The van der Waals surface area contributed by atoms with E-state index in [0.29, 0.717) is 0 Å². The molecular formula is C14H22NO+. The molecule has 0 bridgehead atoms.